The molecule has 3 aromatic rings. The number of carbonyl (C=O) groups excluding carboxylic acids is 1. The van der Waals surface area contributed by atoms with Gasteiger partial charge in [0, 0.05) is 19.3 Å². The molecule has 1 N–H and O–H groups in total. The van der Waals surface area contributed by atoms with Crippen LogP contribution in [-0.2, 0) is 11.3 Å². The number of amides is 1. The number of carbonyl (C=O) groups is 1. The number of nitrogens with one attached hydrogen (secondary N) is 1. The molecule has 1 amide bonds. The predicted octanol–water partition coefficient (Wildman–Crippen LogP) is 4.71. The first-order chi connectivity index (χ1) is 17.3. The zero-order valence-electron chi connectivity index (χ0n) is 20.7. The van der Waals surface area contributed by atoms with Gasteiger partial charge in [-0.15, -0.1) is 0 Å². The van der Waals surface area contributed by atoms with E-state index in [0.29, 0.717) is 41.9 Å². The third kappa shape index (κ3) is 3.93. The van der Waals surface area contributed by atoms with Crippen LogP contribution >= 0.6 is 0 Å². The maximum atomic E-state index is 13.5. The molecule has 2 aromatic carbocycles. The quantitative estimate of drug-likeness (QED) is 0.563. The Balaban J connectivity index is 1.40. The summed E-state index contributed by atoms with van der Waals surface area (Å²) in [5.41, 5.74) is 3.05. The van der Waals surface area contributed by atoms with Crippen LogP contribution in [0, 0.1) is 5.82 Å². The second-order valence-corrected chi connectivity index (χ2v) is 10.3. The molecule has 3 aliphatic heterocycles. The molecule has 0 saturated carbocycles. The van der Waals surface area contributed by atoms with E-state index >= 15 is 0 Å². The van der Waals surface area contributed by atoms with Crippen molar-refractivity contribution < 1.29 is 13.9 Å². The molecule has 1 fully saturated rings. The van der Waals surface area contributed by atoms with E-state index in [1.807, 2.05) is 23.4 Å². The fourth-order valence-electron chi connectivity index (χ4n) is 5.11. The van der Waals surface area contributed by atoms with Crippen molar-refractivity contribution in [2.45, 2.75) is 44.9 Å². The lowest BCUT2D eigenvalue weighted by molar-refractivity contribution is 0.0866. The average molecular weight is 489 g/mol. The molecule has 36 heavy (non-hydrogen) atoms. The van der Waals surface area contributed by atoms with Crippen LogP contribution < -0.4 is 10.2 Å². The molecule has 1 unspecified atom stereocenters. The van der Waals surface area contributed by atoms with Crippen molar-refractivity contribution >= 4 is 29.2 Å². The fraction of sp³-hybridized carbons (Fsp3) is 0.370. The number of ether oxygens (including phenoxy) is 1. The molecule has 0 spiro atoms. The van der Waals surface area contributed by atoms with E-state index in [1.54, 1.807) is 24.1 Å². The van der Waals surface area contributed by atoms with Gasteiger partial charge in [0.2, 0.25) is 5.96 Å². The van der Waals surface area contributed by atoms with Gasteiger partial charge in [-0.2, -0.15) is 5.10 Å². The second-order valence-electron chi connectivity index (χ2n) is 10.3. The highest BCUT2D eigenvalue weighted by atomic mass is 19.1. The summed E-state index contributed by atoms with van der Waals surface area (Å²) in [4.78, 5) is 21.9. The number of rotatable bonds is 5. The number of hydrogen-bond acceptors (Lipinski definition) is 6. The van der Waals surface area contributed by atoms with Crippen molar-refractivity contribution in [1.29, 1.82) is 0 Å². The highest BCUT2D eigenvalue weighted by molar-refractivity contribution is 6.20. The van der Waals surface area contributed by atoms with Crippen molar-refractivity contribution in [1.82, 2.24) is 14.7 Å². The van der Waals surface area contributed by atoms with Crippen molar-refractivity contribution in [3.63, 3.8) is 0 Å². The highest BCUT2D eigenvalue weighted by Gasteiger charge is 2.45. The first-order valence-electron chi connectivity index (χ1n) is 12.3. The van der Waals surface area contributed by atoms with Gasteiger partial charge in [0.05, 0.1) is 24.7 Å². The van der Waals surface area contributed by atoms with Crippen molar-refractivity contribution in [2.24, 2.45) is 4.99 Å². The molecule has 4 heterocycles. The summed E-state index contributed by atoms with van der Waals surface area (Å²) < 4.78 is 21.2. The number of fused-ring (bicyclic) bond motifs is 3. The molecule has 0 bridgehead atoms. The number of benzene rings is 2. The molecule has 1 atom stereocenters. The molecule has 1 aromatic heterocycles. The Kier molecular flexibility index (Phi) is 5.33. The molecule has 1 saturated heterocycles. The van der Waals surface area contributed by atoms with E-state index < -0.39 is 0 Å². The second kappa shape index (κ2) is 8.44. The summed E-state index contributed by atoms with van der Waals surface area (Å²) in [6.45, 7) is 5.98. The molecule has 6 rings (SSSR count). The lowest BCUT2D eigenvalue weighted by Crippen LogP contribution is -2.48. The van der Waals surface area contributed by atoms with Crippen LogP contribution in [0.4, 0.5) is 21.7 Å². The van der Waals surface area contributed by atoms with Gasteiger partial charge in [0.15, 0.2) is 5.82 Å². The molecule has 3 aliphatic rings. The maximum absolute atomic E-state index is 13.5. The minimum absolute atomic E-state index is 0.163. The largest absolute Gasteiger partial charge is 0.374 e. The zero-order valence-corrected chi connectivity index (χ0v) is 20.7. The van der Waals surface area contributed by atoms with E-state index in [2.05, 4.69) is 29.6 Å². The van der Waals surface area contributed by atoms with Gasteiger partial charge in [-0.3, -0.25) is 14.6 Å². The van der Waals surface area contributed by atoms with Crippen LogP contribution in [0.2, 0.25) is 0 Å². The van der Waals surface area contributed by atoms with Crippen LogP contribution in [0.5, 0.6) is 0 Å². The Morgan fingerprint density at radius 3 is 2.58 bits per heavy atom. The lowest BCUT2D eigenvalue weighted by atomic mass is 10.0. The monoisotopic (exact) mass is 488 g/mol. The van der Waals surface area contributed by atoms with Crippen LogP contribution in [-0.4, -0.2) is 52.3 Å². The third-order valence-corrected chi connectivity index (χ3v) is 6.92. The fourth-order valence-corrected chi connectivity index (χ4v) is 5.11. The van der Waals surface area contributed by atoms with Gasteiger partial charge in [-0.25, -0.2) is 14.1 Å². The van der Waals surface area contributed by atoms with Crippen LogP contribution in [0.25, 0.3) is 0 Å². The number of aromatic nitrogens is 2. The van der Waals surface area contributed by atoms with E-state index in [4.69, 9.17) is 14.8 Å². The molecule has 9 heteroatoms. The normalized spacial score (nSPS) is 20.4. The van der Waals surface area contributed by atoms with Crippen LogP contribution in [0.3, 0.4) is 0 Å². The number of aliphatic imine (C=N–C) groups is 1. The molecule has 8 nitrogen and oxygen atoms in total. The van der Waals surface area contributed by atoms with E-state index in [0.717, 1.165) is 25.0 Å². The SMILES string of the molecule is CN1C(=O)c2c(nn(Cc3ccc(C4CCCO4)cc3)c2Nc2ccc(F)cc2)N2CC(C)(C)N=C12. The van der Waals surface area contributed by atoms with Crippen molar-refractivity contribution in [2.75, 3.05) is 30.4 Å². The molecule has 0 radical (unpaired) electrons. The third-order valence-electron chi connectivity index (χ3n) is 6.92. The van der Waals surface area contributed by atoms with E-state index in [-0.39, 0.29) is 23.4 Å². The summed E-state index contributed by atoms with van der Waals surface area (Å²) in [6, 6.07) is 14.5. The van der Waals surface area contributed by atoms with Crippen LogP contribution in [0.15, 0.2) is 53.5 Å². The Morgan fingerprint density at radius 1 is 1.14 bits per heavy atom. The summed E-state index contributed by atoms with van der Waals surface area (Å²) in [7, 11) is 1.74. The van der Waals surface area contributed by atoms with E-state index in [9.17, 15) is 9.18 Å². The lowest BCUT2D eigenvalue weighted by Gasteiger charge is -2.30. The van der Waals surface area contributed by atoms with Crippen molar-refractivity contribution in [3.8, 4) is 0 Å². The van der Waals surface area contributed by atoms with E-state index in [1.165, 1.54) is 17.7 Å². The first-order valence-corrected chi connectivity index (χ1v) is 12.3. The van der Waals surface area contributed by atoms with Gasteiger partial charge in [-0.05, 0) is 62.1 Å². The van der Waals surface area contributed by atoms with Gasteiger partial charge in [0.25, 0.3) is 5.91 Å². The first kappa shape index (κ1) is 22.7. The number of nitrogens with zero attached hydrogens (tertiary/aromatic N) is 5. The number of guanidine groups is 1. The Hall–Kier alpha value is -3.72. The minimum atomic E-state index is -0.335. The Morgan fingerprint density at radius 2 is 1.89 bits per heavy atom. The van der Waals surface area contributed by atoms with Gasteiger partial charge >= 0.3 is 0 Å². The topological polar surface area (TPSA) is 75.0 Å². The maximum Gasteiger partial charge on any atom is 0.267 e. The molecular weight excluding hydrogens is 459 g/mol. The highest BCUT2D eigenvalue weighted by Crippen LogP contribution is 2.39. The number of anilines is 3. The summed E-state index contributed by atoms with van der Waals surface area (Å²) in [6.07, 6.45) is 2.30. The van der Waals surface area contributed by atoms with Gasteiger partial charge < -0.3 is 10.1 Å². The number of halogens is 1. The standard InChI is InChI=1S/C27H29FN6O2/c1-27(2)16-33-24-22(25(35)32(3)26(33)30-27)23(29-20-12-10-19(28)11-13-20)34(31-24)15-17-6-8-18(9-7-17)21-5-4-14-36-21/h6-13,21,29H,4-5,14-16H2,1-3H3. The predicted molar refractivity (Wildman–Crippen MR) is 136 cm³/mol. The summed E-state index contributed by atoms with van der Waals surface area (Å²) in [5, 5.41) is 8.24. The molecular formula is C27H29FN6O2. The van der Waals surface area contributed by atoms with Gasteiger partial charge in [-0.1, -0.05) is 24.3 Å². The summed E-state index contributed by atoms with van der Waals surface area (Å²) >= 11 is 0. The minimum Gasteiger partial charge on any atom is -0.374 e. The summed E-state index contributed by atoms with van der Waals surface area (Å²) in [5.74, 6) is 1.26. The average Bonchev–Trinajstić information content (AvgIpc) is 3.58. The van der Waals surface area contributed by atoms with Crippen molar-refractivity contribution in [3.05, 3.63) is 71.0 Å². The smallest absolute Gasteiger partial charge is 0.267 e. The molecule has 0 aliphatic carbocycles. The number of hydrogen-bond donors (Lipinski definition) is 1. The van der Waals surface area contributed by atoms with Gasteiger partial charge in [0.1, 0.15) is 17.2 Å². The Labute approximate surface area is 209 Å². The Bertz CT molecular complexity index is 1340. The zero-order chi connectivity index (χ0) is 25.0. The van der Waals surface area contributed by atoms with Crippen LogP contribution in [0.1, 0.15) is 54.3 Å². The molecule has 186 valence electrons.